The molecule has 0 aromatic carbocycles. The number of Topliss-reactive ketones (excluding diaryl/α,β-unsaturated/α-hetero) is 1. The van der Waals surface area contributed by atoms with Crippen molar-refractivity contribution in [3.05, 3.63) is 21.9 Å². The van der Waals surface area contributed by atoms with Gasteiger partial charge >= 0.3 is 5.97 Å². The third-order valence-corrected chi connectivity index (χ3v) is 5.14. The molecule has 1 aromatic heterocycles. The van der Waals surface area contributed by atoms with E-state index >= 15 is 0 Å². The quantitative estimate of drug-likeness (QED) is 0.811. The van der Waals surface area contributed by atoms with Crippen LogP contribution in [-0.4, -0.2) is 29.9 Å². The predicted molar refractivity (Wildman–Crippen MR) is 83.7 cm³/mol. The Morgan fingerprint density at radius 1 is 1.48 bits per heavy atom. The zero-order chi connectivity index (χ0) is 15.4. The minimum atomic E-state index is -0.711. The van der Waals surface area contributed by atoms with Gasteiger partial charge in [-0.3, -0.25) is 9.59 Å². The highest BCUT2D eigenvalue weighted by atomic mass is 32.1. The maximum Gasteiger partial charge on any atom is 0.307 e. The summed E-state index contributed by atoms with van der Waals surface area (Å²) in [5.74, 6) is -0.548. The highest BCUT2D eigenvalue weighted by Gasteiger charge is 2.30. The van der Waals surface area contributed by atoms with Crippen molar-refractivity contribution in [2.75, 3.05) is 13.1 Å². The number of carboxylic acid groups (broad SMARTS) is 1. The molecule has 21 heavy (non-hydrogen) atoms. The van der Waals surface area contributed by atoms with Gasteiger partial charge in [0.05, 0.1) is 5.92 Å². The number of rotatable bonds is 7. The van der Waals surface area contributed by atoms with Crippen LogP contribution in [0.25, 0.3) is 0 Å². The van der Waals surface area contributed by atoms with Crippen molar-refractivity contribution in [2.45, 2.75) is 33.1 Å². The number of ketones is 1. The van der Waals surface area contributed by atoms with Gasteiger partial charge in [0.1, 0.15) is 5.78 Å². The number of carboxylic acids is 1. The SMILES string of the molecule is CC(C)C(=O)Cc1csc(C[C@H](C(=O)O)[C@H]2CCNC2)c1. The van der Waals surface area contributed by atoms with Crippen LogP contribution in [0.3, 0.4) is 0 Å². The molecule has 0 amide bonds. The largest absolute Gasteiger partial charge is 0.481 e. The van der Waals surface area contributed by atoms with Gasteiger partial charge in [0.2, 0.25) is 0 Å². The summed E-state index contributed by atoms with van der Waals surface area (Å²) in [6.45, 7) is 5.51. The molecule has 1 saturated heterocycles. The van der Waals surface area contributed by atoms with Crippen LogP contribution in [0.4, 0.5) is 0 Å². The molecule has 0 bridgehead atoms. The highest BCUT2D eigenvalue weighted by molar-refractivity contribution is 7.10. The number of carbonyl (C=O) groups excluding carboxylic acids is 1. The van der Waals surface area contributed by atoms with Gasteiger partial charge in [0.25, 0.3) is 0 Å². The molecule has 0 unspecified atom stereocenters. The first-order valence-corrected chi connectivity index (χ1v) is 8.38. The van der Waals surface area contributed by atoms with Crippen LogP contribution in [0.2, 0.25) is 0 Å². The lowest BCUT2D eigenvalue weighted by molar-refractivity contribution is -0.143. The Hall–Kier alpha value is -1.20. The monoisotopic (exact) mass is 309 g/mol. The first-order valence-electron chi connectivity index (χ1n) is 7.50. The summed E-state index contributed by atoms with van der Waals surface area (Å²) in [7, 11) is 0. The van der Waals surface area contributed by atoms with Crippen molar-refractivity contribution >= 4 is 23.1 Å². The fraction of sp³-hybridized carbons (Fsp3) is 0.625. The number of nitrogens with one attached hydrogen (secondary N) is 1. The standard InChI is InChI=1S/C16H23NO3S/c1-10(2)15(18)6-11-5-13(21-9-11)7-14(16(19)20)12-3-4-17-8-12/h5,9-10,12,14,17H,3-4,6-8H2,1-2H3,(H,19,20)/t12-,14-/m0/s1. The van der Waals surface area contributed by atoms with E-state index < -0.39 is 5.97 Å². The van der Waals surface area contributed by atoms with Crippen LogP contribution in [-0.2, 0) is 22.4 Å². The van der Waals surface area contributed by atoms with Crippen molar-refractivity contribution < 1.29 is 14.7 Å². The second kappa shape index (κ2) is 7.18. The lowest BCUT2D eigenvalue weighted by Gasteiger charge is -2.17. The molecule has 2 heterocycles. The smallest absolute Gasteiger partial charge is 0.307 e. The Labute approximate surface area is 129 Å². The average Bonchev–Trinajstić information content (AvgIpc) is 3.06. The van der Waals surface area contributed by atoms with Gasteiger partial charge in [-0.1, -0.05) is 13.8 Å². The van der Waals surface area contributed by atoms with Gasteiger partial charge in [-0.2, -0.15) is 0 Å². The Balaban J connectivity index is 1.99. The Morgan fingerprint density at radius 2 is 2.24 bits per heavy atom. The van der Waals surface area contributed by atoms with Crippen molar-refractivity contribution in [2.24, 2.45) is 17.8 Å². The van der Waals surface area contributed by atoms with E-state index in [0.717, 1.165) is 30.0 Å². The van der Waals surface area contributed by atoms with E-state index in [1.165, 1.54) is 0 Å². The molecular formula is C16H23NO3S. The fourth-order valence-corrected chi connectivity index (χ4v) is 3.67. The predicted octanol–water partition coefficient (Wildman–Crippen LogP) is 2.37. The van der Waals surface area contributed by atoms with Crippen molar-refractivity contribution in [3.63, 3.8) is 0 Å². The number of aliphatic carboxylic acids is 1. The first kappa shape index (κ1) is 16.2. The number of thiophene rings is 1. The van der Waals surface area contributed by atoms with E-state index in [2.05, 4.69) is 5.32 Å². The van der Waals surface area contributed by atoms with Crippen LogP contribution in [0.1, 0.15) is 30.7 Å². The molecule has 2 atom stereocenters. The van der Waals surface area contributed by atoms with Crippen molar-refractivity contribution in [1.29, 1.82) is 0 Å². The average molecular weight is 309 g/mol. The minimum absolute atomic E-state index is 0.0460. The maximum atomic E-state index is 11.8. The molecule has 0 radical (unpaired) electrons. The van der Waals surface area contributed by atoms with Gasteiger partial charge in [-0.15, -0.1) is 11.3 Å². The Bertz CT molecular complexity index is 503. The van der Waals surface area contributed by atoms with Crippen LogP contribution in [0.5, 0.6) is 0 Å². The molecule has 5 heteroatoms. The van der Waals surface area contributed by atoms with Crippen LogP contribution < -0.4 is 5.32 Å². The maximum absolute atomic E-state index is 11.8. The molecule has 4 nitrogen and oxygen atoms in total. The third kappa shape index (κ3) is 4.38. The van der Waals surface area contributed by atoms with Gasteiger partial charge in [-0.25, -0.2) is 0 Å². The molecule has 0 spiro atoms. The summed E-state index contributed by atoms with van der Waals surface area (Å²) in [4.78, 5) is 24.3. The summed E-state index contributed by atoms with van der Waals surface area (Å²) in [6.07, 6.45) is 1.96. The van der Waals surface area contributed by atoms with Gasteiger partial charge in [0.15, 0.2) is 0 Å². The molecule has 1 aromatic rings. The molecule has 116 valence electrons. The van der Waals surface area contributed by atoms with Crippen molar-refractivity contribution in [3.8, 4) is 0 Å². The van der Waals surface area contributed by atoms with E-state index in [4.69, 9.17) is 0 Å². The molecule has 0 saturated carbocycles. The first-order chi connectivity index (χ1) is 9.97. The second-order valence-electron chi connectivity index (χ2n) is 6.12. The third-order valence-electron chi connectivity index (χ3n) is 4.14. The minimum Gasteiger partial charge on any atom is -0.481 e. The van der Waals surface area contributed by atoms with Crippen LogP contribution in [0, 0.1) is 17.8 Å². The van der Waals surface area contributed by atoms with Crippen molar-refractivity contribution in [1.82, 2.24) is 5.32 Å². The topological polar surface area (TPSA) is 66.4 Å². The molecule has 2 rings (SSSR count). The van der Waals surface area contributed by atoms with E-state index in [1.54, 1.807) is 11.3 Å². The molecule has 1 fully saturated rings. The molecule has 0 aliphatic carbocycles. The van der Waals surface area contributed by atoms with E-state index in [1.807, 2.05) is 25.3 Å². The van der Waals surface area contributed by atoms with Gasteiger partial charge in [-0.05, 0) is 48.9 Å². The molecule has 1 aliphatic heterocycles. The Kier molecular flexibility index (Phi) is 5.53. The Morgan fingerprint density at radius 3 is 2.81 bits per heavy atom. The number of carbonyl (C=O) groups is 2. The van der Waals surface area contributed by atoms with Gasteiger partial charge in [0, 0.05) is 17.2 Å². The van der Waals surface area contributed by atoms with Crippen LogP contribution >= 0.6 is 11.3 Å². The highest BCUT2D eigenvalue weighted by Crippen LogP contribution is 2.27. The molecular weight excluding hydrogens is 286 g/mol. The second-order valence-corrected chi connectivity index (χ2v) is 7.12. The number of hydrogen-bond acceptors (Lipinski definition) is 4. The van der Waals surface area contributed by atoms with E-state index in [0.29, 0.717) is 12.8 Å². The molecule has 1 aliphatic rings. The molecule has 2 N–H and O–H groups in total. The summed E-state index contributed by atoms with van der Waals surface area (Å²) in [6, 6.07) is 2.00. The zero-order valence-electron chi connectivity index (χ0n) is 12.6. The van der Waals surface area contributed by atoms with Crippen LogP contribution in [0.15, 0.2) is 11.4 Å². The summed E-state index contributed by atoms with van der Waals surface area (Å²) < 4.78 is 0. The normalized spacial score (nSPS) is 19.9. The lowest BCUT2D eigenvalue weighted by atomic mass is 9.88. The summed E-state index contributed by atoms with van der Waals surface area (Å²) >= 11 is 1.57. The summed E-state index contributed by atoms with van der Waals surface area (Å²) in [5.41, 5.74) is 1.02. The lowest BCUT2D eigenvalue weighted by Crippen LogP contribution is -2.27. The fourth-order valence-electron chi connectivity index (χ4n) is 2.72. The van der Waals surface area contributed by atoms with Gasteiger partial charge < -0.3 is 10.4 Å². The zero-order valence-corrected chi connectivity index (χ0v) is 13.4. The van der Waals surface area contributed by atoms with E-state index in [9.17, 15) is 14.7 Å². The number of hydrogen-bond donors (Lipinski definition) is 2. The summed E-state index contributed by atoms with van der Waals surface area (Å²) in [5, 5.41) is 14.7. The van der Waals surface area contributed by atoms with E-state index in [-0.39, 0.29) is 23.5 Å².